The summed E-state index contributed by atoms with van der Waals surface area (Å²) in [7, 11) is 0. The number of nitrogens with two attached hydrogens (primary N) is 1. The molecule has 1 atom stereocenters. The topological polar surface area (TPSA) is 41.8 Å². The van der Waals surface area contributed by atoms with Gasteiger partial charge in [-0.25, -0.2) is 0 Å². The Hall–Kier alpha value is -0.700. The molecular formula is C14H16Cl2N2. The molecule has 3 rings (SSSR count). The van der Waals surface area contributed by atoms with Gasteiger partial charge in [-0.05, 0) is 36.0 Å². The average Bonchev–Trinajstić information content (AvgIpc) is 2.54. The lowest BCUT2D eigenvalue weighted by Crippen LogP contribution is -2.29. The summed E-state index contributed by atoms with van der Waals surface area (Å²) in [6, 6.07) is 3.77. The number of nitrogens with one attached hydrogen (secondary N) is 1. The van der Waals surface area contributed by atoms with E-state index in [0.717, 1.165) is 23.7 Å². The molecule has 0 fully saturated rings. The van der Waals surface area contributed by atoms with Crippen LogP contribution in [0.1, 0.15) is 37.6 Å². The molecule has 18 heavy (non-hydrogen) atoms. The molecule has 0 aliphatic heterocycles. The highest BCUT2D eigenvalue weighted by atomic mass is 35.5. The summed E-state index contributed by atoms with van der Waals surface area (Å²) in [4.78, 5) is 3.43. The summed E-state index contributed by atoms with van der Waals surface area (Å²) < 4.78 is 0. The normalized spacial score (nSPS) is 22.2. The third-order valence-electron chi connectivity index (χ3n) is 3.74. The van der Waals surface area contributed by atoms with Gasteiger partial charge in [0, 0.05) is 22.1 Å². The molecule has 96 valence electrons. The molecule has 1 heterocycles. The van der Waals surface area contributed by atoms with Gasteiger partial charge in [0.25, 0.3) is 0 Å². The van der Waals surface area contributed by atoms with Gasteiger partial charge in [0.15, 0.2) is 0 Å². The number of H-pyrrole nitrogens is 1. The quantitative estimate of drug-likeness (QED) is 0.737. The van der Waals surface area contributed by atoms with Gasteiger partial charge >= 0.3 is 0 Å². The van der Waals surface area contributed by atoms with Gasteiger partial charge in [-0.3, -0.25) is 0 Å². The van der Waals surface area contributed by atoms with Crippen molar-refractivity contribution in [3.05, 3.63) is 33.4 Å². The predicted octanol–water partition coefficient (Wildman–Crippen LogP) is 4.45. The lowest BCUT2D eigenvalue weighted by molar-refractivity contribution is 0.281. The summed E-state index contributed by atoms with van der Waals surface area (Å²) in [6.45, 7) is 4.49. The SMILES string of the molecule is CC1(C)Cc2[nH]c3c(Cl)cc(Cl)cc3c2C(N)C1. The van der Waals surface area contributed by atoms with E-state index >= 15 is 0 Å². The van der Waals surface area contributed by atoms with Crippen molar-refractivity contribution in [2.75, 3.05) is 0 Å². The first-order chi connectivity index (χ1) is 8.37. The molecular weight excluding hydrogens is 267 g/mol. The number of halogens is 2. The number of aromatic amines is 1. The monoisotopic (exact) mass is 282 g/mol. The van der Waals surface area contributed by atoms with Crippen LogP contribution >= 0.6 is 23.2 Å². The molecule has 0 saturated heterocycles. The van der Waals surface area contributed by atoms with Gasteiger partial charge in [-0.1, -0.05) is 37.0 Å². The van der Waals surface area contributed by atoms with Gasteiger partial charge in [-0.15, -0.1) is 0 Å². The van der Waals surface area contributed by atoms with E-state index in [1.165, 1.54) is 11.3 Å². The van der Waals surface area contributed by atoms with Crippen LogP contribution in [0, 0.1) is 5.41 Å². The maximum absolute atomic E-state index is 6.33. The molecule has 0 saturated carbocycles. The number of aromatic nitrogens is 1. The number of hydrogen-bond acceptors (Lipinski definition) is 1. The van der Waals surface area contributed by atoms with Gasteiger partial charge in [-0.2, -0.15) is 0 Å². The molecule has 1 aliphatic rings. The molecule has 1 unspecified atom stereocenters. The molecule has 0 spiro atoms. The molecule has 0 bridgehead atoms. The summed E-state index contributed by atoms with van der Waals surface area (Å²) in [5, 5.41) is 2.40. The van der Waals surface area contributed by atoms with Crippen molar-refractivity contribution in [2.45, 2.75) is 32.7 Å². The van der Waals surface area contributed by atoms with E-state index in [0.29, 0.717) is 10.0 Å². The van der Waals surface area contributed by atoms with E-state index in [4.69, 9.17) is 28.9 Å². The second kappa shape index (κ2) is 3.89. The zero-order valence-corrected chi connectivity index (χ0v) is 12.0. The second-order valence-corrected chi connectivity index (χ2v) is 6.82. The minimum absolute atomic E-state index is 0.0482. The van der Waals surface area contributed by atoms with Crippen LogP contribution in [-0.4, -0.2) is 4.98 Å². The Balaban J connectivity index is 2.30. The van der Waals surface area contributed by atoms with Crippen molar-refractivity contribution in [3.8, 4) is 0 Å². The largest absolute Gasteiger partial charge is 0.357 e. The van der Waals surface area contributed by atoms with Crippen LogP contribution in [-0.2, 0) is 6.42 Å². The lowest BCUT2D eigenvalue weighted by Gasteiger charge is -2.33. The highest BCUT2D eigenvalue weighted by Crippen LogP contribution is 2.44. The fourth-order valence-electron chi connectivity index (χ4n) is 3.10. The molecule has 3 N–H and O–H groups in total. The van der Waals surface area contributed by atoms with Gasteiger partial charge in [0.05, 0.1) is 10.5 Å². The Kier molecular flexibility index (Phi) is 2.67. The molecule has 2 aromatic rings. The van der Waals surface area contributed by atoms with Crippen LogP contribution < -0.4 is 5.73 Å². The first-order valence-corrected chi connectivity index (χ1v) is 6.88. The molecule has 1 aromatic heterocycles. The molecule has 1 aromatic carbocycles. The Labute approximate surface area is 116 Å². The second-order valence-electron chi connectivity index (χ2n) is 5.98. The summed E-state index contributed by atoms with van der Waals surface area (Å²) >= 11 is 12.3. The maximum atomic E-state index is 6.33. The third kappa shape index (κ3) is 1.83. The average molecular weight is 283 g/mol. The van der Waals surface area contributed by atoms with E-state index in [2.05, 4.69) is 18.8 Å². The Morgan fingerprint density at radius 3 is 2.78 bits per heavy atom. The molecule has 0 radical (unpaired) electrons. The minimum Gasteiger partial charge on any atom is -0.357 e. The number of fused-ring (bicyclic) bond motifs is 3. The van der Waals surface area contributed by atoms with Gasteiger partial charge in [0.1, 0.15) is 0 Å². The molecule has 2 nitrogen and oxygen atoms in total. The van der Waals surface area contributed by atoms with E-state index in [1.807, 2.05) is 6.07 Å². The Morgan fingerprint density at radius 2 is 2.06 bits per heavy atom. The van der Waals surface area contributed by atoms with Crippen LogP contribution in [0.15, 0.2) is 12.1 Å². The maximum Gasteiger partial charge on any atom is 0.0662 e. The number of rotatable bonds is 0. The third-order valence-corrected chi connectivity index (χ3v) is 4.26. The zero-order chi connectivity index (χ0) is 13.1. The van der Waals surface area contributed by atoms with E-state index in [-0.39, 0.29) is 11.5 Å². The van der Waals surface area contributed by atoms with Crippen LogP contribution in [0.4, 0.5) is 0 Å². The first kappa shape index (κ1) is 12.3. The number of hydrogen-bond donors (Lipinski definition) is 2. The zero-order valence-electron chi connectivity index (χ0n) is 10.5. The fraction of sp³-hybridized carbons (Fsp3) is 0.429. The van der Waals surface area contributed by atoms with E-state index < -0.39 is 0 Å². The van der Waals surface area contributed by atoms with Crippen molar-refractivity contribution in [3.63, 3.8) is 0 Å². The summed E-state index contributed by atoms with van der Waals surface area (Å²) in [6.07, 6.45) is 1.98. The van der Waals surface area contributed by atoms with Crippen LogP contribution in [0.3, 0.4) is 0 Å². The standard InChI is InChI=1S/C14H16Cl2N2/c1-14(2)5-10(17)12-8-3-7(15)4-9(16)13(8)18-11(12)6-14/h3-4,10,18H,5-6,17H2,1-2H3. The Bertz CT molecular complexity index is 628. The number of benzene rings is 1. The summed E-state index contributed by atoms with van der Waals surface area (Å²) in [5.74, 6) is 0. The lowest BCUT2D eigenvalue weighted by atomic mass is 9.74. The van der Waals surface area contributed by atoms with Crippen LogP contribution in [0.5, 0.6) is 0 Å². The van der Waals surface area contributed by atoms with Crippen LogP contribution in [0.2, 0.25) is 10.0 Å². The minimum atomic E-state index is 0.0482. The summed E-state index contributed by atoms with van der Waals surface area (Å²) in [5.41, 5.74) is 9.90. The van der Waals surface area contributed by atoms with E-state index in [1.54, 1.807) is 6.07 Å². The first-order valence-electron chi connectivity index (χ1n) is 6.12. The van der Waals surface area contributed by atoms with Crippen molar-refractivity contribution >= 4 is 34.1 Å². The van der Waals surface area contributed by atoms with Gasteiger partial charge < -0.3 is 10.7 Å². The Morgan fingerprint density at radius 1 is 1.33 bits per heavy atom. The smallest absolute Gasteiger partial charge is 0.0662 e. The highest BCUT2D eigenvalue weighted by molar-refractivity contribution is 6.38. The highest BCUT2D eigenvalue weighted by Gasteiger charge is 2.33. The van der Waals surface area contributed by atoms with Crippen LogP contribution in [0.25, 0.3) is 10.9 Å². The van der Waals surface area contributed by atoms with Crippen molar-refractivity contribution in [1.82, 2.24) is 4.98 Å². The fourth-order valence-corrected chi connectivity index (χ4v) is 3.65. The van der Waals surface area contributed by atoms with Crippen molar-refractivity contribution in [2.24, 2.45) is 11.1 Å². The van der Waals surface area contributed by atoms with Crippen molar-refractivity contribution < 1.29 is 0 Å². The predicted molar refractivity (Wildman–Crippen MR) is 77.3 cm³/mol. The molecule has 1 aliphatic carbocycles. The molecule has 4 heteroatoms. The van der Waals surface area contributed by atoms with Gasteiger partial charge in [0.2, 0.25) is 0 Å². The molecule has 0 amide bonds. The van der Waals surface area contributed by atoms with E-state index in [9.17, 15) is 0 Å². The van der Waals surface area contributed by atoms with Crippen molar-refractivity contribution in [1.29, 1.82) is 0 Å².